The Kier molecular flexibility index (Phi) is 1.99. The summed E-state index contributed by atoms with van der Waals surface area (Å²) in [6.45, 7) is 0.726. The van der Waals surface area contributed by atoms with Crippen LogP contribution < -0.4 is 4.90 Å². The van der Waals surface area contributed by atoms with E-state index in [0.717, 1.165) is 18.7 Å². The van der Waals surface area contributed by atoms with Crippen LogP contribution >= 0.6 is 0 Å². The van der Waals surface area contributed by atoms with E-state index in [1.54, 1.807) is 4.90 Å². The lowest BCUT2D eigenvalue weighted by molar-refractivity contribution is 0.0989. The lowest BCUT2D eigenvalue weighted by atomic mass is 10.2. The highest BCUT2D eigenvalue weighted by molar-refractivity contribution is 6.06. The Morgan fingerprint density at radius 3 is 3.06 bits per heavy atom. The topological polar surface area (TPSA) is 46.3 Å². The number of hydrogen-bond donors (Lipinski definition) is 0. The number of benzene rings is 1. The maximum absolute atomic E-state index is 12.1. The van der Waals surface area contributed by atoms with E-state index >= 15 is 0 Å². The number of nitrogens with zero attached hydrogens (tertiary/aromatic N) is 2. The van der Waals surface area contributed by atoms with Gasteiger partial charge in [0.15, 0.2) is 0 Å². The molecule has 0 fully saturated rings. The predicted molar refractivity (Wildman–Crippen MR) is 58.3 cm³/mol. The maximum atomic E-state index is 12.1. The number of rotatable bonds is 1. The number of amides is 1. The van der Waals surface area contributed by atoms with Crippen LogP contribution in [-0.2, 0) is 6.42 Å². The zero-order valence-electron chi connectivity index (χ0n) is 8.59. The van der Waals surface area contributed by atoms with Gasteiger partial charge in [-0.25, -0.2) is 0 Å². The summed E-state index contributed by atoms with van der Waals surface area (Å²) in [7, 11) is 0. The average molecular weight is 214 g/mol. The normalized spacial score (nSPS) is 13.9. The van der Waals surface area contributed by atoms with Crippen LogP contribution in [0.25, 0.3) is 0 Å². The summed E-state index contributed by atoms with van der Waals surface area (Å²) < 4.78 is 4.69. The minimum atomic E-state index is -0.0498. The molecular weight excluding hydrogens is 204 g/mol. The molecule has 1 aliphatic heterocycles. The van der Waals surface area contributed by atoms with Crippen LogP contribution in [0.3, 0.4) is 0 Å². The van der Waals surface area contributed by atoms with Crippen molar-refractivity contribution in [1.29, 1.82) is 0 Å². The van der Waals surface area contributed by atoms with Gasteiger partial charge in [0.1, 0.15) is 6.26 Å². The molecule has 0 saturated carbocycles. The maximum Gasteiger partial charge on any atom is 0.263 e. The van der Waals surface area contributed by atoms with Crippen molar-refractivity contribution in [3.05, 3.63) is 47.9 Å². The summed E-state index contributed by atoms with van der Waals surface area (Å²) in [5.41, 5.74) is 2.71. The first-order chi connectivity index (χ1) is 7.86. The molecule has 1 aliphatic rings. The van der Waals surface area contributed by atoms with Gasteiger partial charge in [-0.1, -0.05) is 23.4 Å². The second-order valence-corrected chi connectivity index (χ2v) is 3.75. The van der Waals surface area contributed by atoms with E-state index in [9.17, 15) is 4.79 Å². The van der Waals surface area contributed by atoms with E-state index in [4.69, 9.17) is 0 Å². The standard InChI is InChI=1S/C12H10N2O2/c15-12(10-7-13-16-8-10)14-6-5-9-3-1-2-4-11(9)14/h1-4,7-8H,5-6H2. The van der Waals surface area contributed by atoms with Gasteiger partial charge in [0.2, 0.25) is 0 Å². The molecule has 2 aromatic rings. The van der Waals surface area contributed by atoms with Crippen LogP contribution in [0.1, 0.15) is 15.9 Å². The molecule has 3 rings (SSSR count). The summed E-state index contributed by atoms with van der Waals surface area (Å²) in [5.74, 6) is -0.0498. The van der Waals surface area contributed by atoms with Crippen molar-refractivity contribution in [1.82, 2.24) is 5.16 Å². The fourth-order valence-electron chi connectivity index (χ4n) is 2.02. The molecule has 1 aromatic carbocycles. The van der Waals surface area contributed by atoms with Crippen LogP contribution in [0.15, 0.2) is 41.2 Å². The molecule has 0 spiro atoms. The van der Waals surface area contributed by atoms with E-state index in [1.807, 2.05) is 18.2 Å². The molecule has 0 saturated heterocycles. The molecule has 80 valence electrons. The Morgan fingerprint density at radius 1 is 1.38 bits per heavy atom. The Balaban J connectivity index is 1.96. The number of hydrogen-bond acceptors (Lipinski definition) is 3. The first-order valence-corrected chi connectivity index (χ1v) is 5.15. The first kappa shape index (κ1) is 9.15. The van der Waals surface area contributed by atoms with Crippen molar-refractivity contribution in [2.24, 2.45) is 0 Å². The molecule has 0 unspecified atom stereocenters. The van der Waals surface area contributed by atoms with Crippen molar-refractivity contribution < 1.29 is 9.32 Å². The molecule has 0 radical (unpaired) electrons. The number of aromatic nitrogens is 1. The molecule has 2 heterocycles. The third-order valence-corrected chi connectivity index (χ3v) is 2.81. The van der Waals surface area contributed by atoms with Crippen LogP contribution in [0.2, 0.25) is 0 Å². The Labute approximate surface area is 92.5 Å². The van der Waals surface area contributed by atoms with Crippen LogP contribution in [0.5, 0.6) is 0 Å². The highest BCUT2D eigenvalue weighted by Crippen LogP contribution is 2.28. The largest absolute Gasteiger partial charge is 0.364 e. The molecule has 16 heavy (non-hydrogen) atoms. The van der Waals surface area contributed by atoms with Gasteiger partial charge in [-0.15, -0.1) is 0 Å². The fourth-order valence-corrected chi connectivity index (χ4v) is 2.02. The number of para-hydroxylation sites is 1. The first-order valence-electron chi connectivity index (χ1n) is 5.15. The number of carbonyl (C=O) groups excluding carboxylic acids is 1. The monoisotopic (exact) mass is 214 g/mol. The molecule has 0 N–H and O–H groups in total. The summed E-state index contributed by atoms with van der Waals surface area (Å²) in [6.07, 6.45) is 3.74. The second-order valence-electron chi connectivity index (χ2n) is 3.75. The lowest BCUT2D eigenvalue weighted by Crippen LogP contribution is -2.28. The van der Waals surface area contributed by atoms with E-state index in [1.165, 1.54) is 18.0 Å². The van der Waals surface area contributed by atoms with E-state index < -0.39 is 0 Å². The van der Waals surface area contributed by atoms with Gasteiger partial charge in [0.05, 0.1) is 11.8 Å². The quantitative estimate of drug-likeness (QED) is 0.728. The molecule has 1 amide bonds. The van der Waals surface area contributed by atoms with Gasteiger partial charge < -0.3 is 9.42 Å². The molecule has 0 bridgehead atoms. The Bertz CT molecular complexity index is 520. The van der Waals surface area contributed by atoms with Crippen LogP contribution in [0, 0.1) is 0 Å². The molecular formula is C12H10N2O2. The van der Waals surface area contributed by atoms with E-state index in [2.05, 4.69) is 15.7 Å². The summed E-state index contributed by atoms with van der Waals surface area (Å²) in [4.78, 5) is 13.9. The zero-order valence-corrected chi connectivity index (χ0v) is 8.59. The summed E-state index contributed by atoms with van der Waals surface area (Å²) in [5, 5.41) is 3.55. The number of fused-ring (bicyclic) bond motifs is 1. The van der Waals surface area contributed by atoms with Gasteiger partial charge in [0, 0.05) is 12.2 Å². The summed E-state index contributed by atoms with van der Waals surface area (Å²) in [6, 6.07) is 7.95. The minimum absolute atomic E-state index is 0.0498. The van der Waals surface area contributed by atoms with Gasteiger partial charge in [-0.05, 0) is 18.1 Å². The van der Waals surface area contributed by atoms with Crippen LogP contribution in [-0.4, -0.2) is 17.6 Å². The molecule has 0 aliphatic carbocycles. The Morgan fingerprint density at radius 2 is 2.25 bits per heavy atom. The third-order valence-electron chi connectivity index (χ3n) is 2.81. The lowest BCUT2D eigenvalue weighted by Gasteiger charge is -2.15. The van der Waals surface area contributed by atoms with Crippen molar-refractivity contribution >= 4 is 11.6 Å². The second kappa shape index (κ2) is 3.48. The Hall–Kier alpha value is -2.10. The predicted octanol–water partition coefficient (Wildman–Crippen LogP) is 1.88. The van der Waals surface area contributed by atoms with Gasteiger partial charge >= 0.3 is 0 Å². The van der Waals surface area contributed by atoms with Gasteiger partial charge in [0.25, 0.3) is 5.91 Å². The van der Waals surface area contributed by atoms with Gasteiger partial charge in [-0.3, -0.25) is 4.79 Å². The van der Waals surface area contributed by atoms with Crippen molar-refractivity contribution in [3.8, 4) is 0 Å². The SMILES string of the molecule is O=C(c1cnoc1)N1CCc2ccccc21. The highest BCUT2D eigenvalue weighted by atomic mass is 16.5. The van der Waals surface area contributed by atoms with Crippen LogP contribution in [0.4, 0.5) is 5.69 Å². The zero-order chi connectivity index (χ0) is 11.0. The van der Waals surface area contributed by atoms with Crippen molar-refractivity contribution in [3.63, 3.8) is 0 Å². The van der Waals surface area contributed by atoms with Crippen molar-refractivity contribution in [2.75, 3.05) is 11.4 Å². The highest BCUT2D eigenvalue weighted by Gasteiger charge is 2.25. The molecule has 0 atom stereocenters. The molecule has 4 nitrogen and oxygen atoms in total. The average Bonchev–Trinajstić information content (AvgIpc) is 2.98. The van der Waals surface area contributed by atoms with Crippen molar-refractivity contribution in [2.45, 2.75) is 6.42 Å². The third kappa shape index (κ3) is 1.31. The number of anilines is 1. The minimum Gasteiger partial charge on any atom is -0.364 e. The fraction of sp³-hybridized carbons (Fsp3) is 0.167. The molecule has 1 aromatic heterocycles. The van der Waals surface area contributed by atoms with E-state index in [0.29, 0.717) is 5.56 Å². The molecule has 4 heteroatoms. The smallest absolute Gasteiger partial charge is 0.263 e. The van der Waals surface area contributed by atoms with Gasteiger partial charge in [-0.2, -0.15) is 0 Å². The van der Waals surface area contributed by atoms with E-state index in [-0.39, 0.29) is 5.91 Å². The number of carbonyl (C=O) groups is 1. The summed E-state index contributed by atoms with van der Waals surface area (Å²) >= 11 is 0.